The van der Waals surface area contributed by atoms with Crippen molar-refractivity contribution in [2.24, 2.45) is 0 Å². The summed E-state index contributed by atoms with van der Waals surface area (Å²) in [7, 11) is 3.07. The zero-order chi connectivity index (χ0) is 16.2. The molecule has 0 aromatic heterocycles. The summed E-state index contributed by atoms with van der Waals surface area (Å²) in [6.45, 7) is 1.46. The minimum absolute atomic E-state index is 0.207. The monoisotopic (exact) mass is 325 g/mol. The number of rotatable bonds is 4. The molecule has 0 unspecified atom stereocenters. The lowest BCUT2D eigenvalue weighted by Gasteiger charge is -2.34. The molecule has 1 aliphatic heterocycles. The molecule has 1 heterocycles. The molecule has 2 amide bonds. The molecular weight excluding hydrogens is 306 g/mol. The van der Waals surface area contributed by atoms with Crippen LogP contribution in [-0.4, -0.2) is 44.7 Å². The smallest absolute Gasteiger partial charge is 0.256 e. The van der Waals surface area contributed by atoms with Crippen molar-refractivity contribution < 1.29 is 14.3 Å². The third-order valence-corrected chi connectivity index (χ3v) is 4.24. The van der Waals surface area contributed by atoms with E-state index in [0.29, 0.717) is 29.1 Å². The van der Waals surface area contributed by atoms with Gasteiger partial charge in [0.05, 0.1) is 10.6 Å². The quantitative estimate of drug-likeness (QED) is 0.782. The van der Waals surface area contributed by atoms with E-state index in [4.69, 9.17) is 16.3 Å². The van der Waals surface area contributed by atoms with E-state index in [1.165, 1.54) is 7.05 Å². The van der Waals surface area contributed by atoms with E-state index in [-0.39, 0.29) is 11.8 Å². The third kappa shape index (κ3) is 3.40. The second kappa shape index (κ2) is 7.09. The molecule has 0 radical (unpaired) electrons. The van der Waals surface area contributed by atoms with Crippen LogP contribution in [-0.2, 0) is 9.53 Å². The first kappa shape index (κ1) is 16.7. The van der Waals surface area contributed by atoms with Crippen molar-refractivity contribution in [2.45, 2.75) is 18.4 Å². The zero-order valence-electron chi connectivity index (χ0n) is 12.7. The van der Waals surface area contributed by atoms with E-state index in [9.17, 15) is 9.59 Å². The lowest BCUT2D eigenvalue weighted by atomic mass is 9.91. The second-order valence-electron chi connectivity index (χ2n) is 5.18. The van der Waals surface area contributed by atoms with E-state index in [1.807, 2.05) is 0 Å². The number of benzene rings is 1. The largest absolute Gasteiger partial charge is 0.368 e. The Bertz CT molecular complexity index is 571. The van der Waals surface area contributed by atoms with E-state index in [0.717, 1.165) is 13.1 Å². The predicted octanol–water partition coefficient (Wildman–Crippen LogP) is 1.41. The Morgan fingerprint density at radius 1 is 1.32 bits per heavy atom. The molecule has 120 valence electrons. The highest BCUT2D eigenvalue weighted by Crippen LogP contribution is 2.26. The molecule has 0 aliphatic carbocycles. The van der Waals surface area contributed by atoms with Crippen LogP contribution in [0, 0.1) is 0 Å². The molecule has 0 atom stereocenters. The maximum atomic E-state index is 12.6. The lowest BCUT2D eigenvalue weighted by molar-refractivity contribution is -0.140. The Labute approximate surface area is 134 Å². The fourth-order valence-corrected chi connectivity index (χ4v) is 2.71. The molecule has 1 aromatic carbocycles. The van der Waals surface area contributed by atoms with Gasteiger partial charge in [0.25, 0.3) is 11.8 Å². The summed E-state index contributed by atoms with van der Waals surface area (Å²) in [5, 5.41) is 8.87. The molecule has 1 saturated heterocycles. The molecule has 22 heavy (non-hydrogen) atoms. The van der Waals surface area contributed by atoms with Crippen molar-refractivity contribution in [2.75, 3.05) is 32.6 Å². The summed E-state index contributed by atoms with van der Waals surface area (Å²) in [4.78, 5) is 24.3. The van der Waals surface area contributed by atoms with Crippen molar-refractivity contribution >= 4 is 29.1 Å². The topological polar surface area (TPSA) is 79.5 Å². The van der Waals surface area contributed by atoms with Crippen molar-refractivity contribution in [1.82, 2.24) is 10.6 Å². The van der Waals surface area contributed by atoms with Gasteiger partial charge in [-0.15, -0.1) is 0 Å². The Morgan fingerprint density at radius 2 is 2.00 bits per heavy atom. The van der Waals surface area contributed by atoms with Crippen molar-refractivity contribution in [3.63, 3.8) is 0 Å². The number of hydrogen-bond acceptors (Lipinski definition) is 4. The van der Waals surface area contributed by atoms with Crippen LogP contribution in [0.2, 0.25) is 5.02 Å². The average Bonchev–Trinajstić information content (AvgIpc) is 2.56. The maximum absolute atomic E-state index is 12.6. The van der Waals surface area contributed by atoms with Crippen LogP contribution in [0.3, 0.4) is 0 Å². The molecule has 0 spiro atoms. The SMILES string of the molecule is CNC(=O)c1cc(NC(=O)C2(OC)CCNCC2)ccc1Cl. The van der Waals surface area contributed by atoms with Gasteiger partial charge in [0, 0.05) is 19.8 Å². The van der Waals surface area contributed by atoms with Crippen LogP contribution in [0.15, 0.2) is 18.2 Å². The van der Waals surface area contributed by atoms with Gasteiger partial charge in [0.15, 0.2) is 0 Å². The van der Waals surface area contributed by atoms with Crippen LogP contribution in [0.5, 0.6) is 0 Å². The molecule has 3 N–H and O–H groups in total. The molecule has 7 heteroatoms. The molecule has 1 aromatic rings. The highest BCUT2D eigenvalue weighted by atomic mass is 35.5. The summed E-state index contributed by atoms with van der Waals surface area (Å²) < 4.78 is 5.48. The molecule has 1 fully saturated rings. The highest BCUT2D eigenvalue weighted by molar-refractivity contribution is 6.34. The van der Waals surface area contributed by atoms with Crippen molar-refractivity contribution in [3.8, 4) is 0 Å². The van der Waals surface area contributed by atoms with E-state index in [1.54, 1.807) is 25.3 Å². The number of amides is 2. The summed E-state index contributed by atoms with van der Waals surface area (Å²) in [5.41, 5.74) is -0.000344. The number of piperidine rings is 1. The number of anilines is 1. The predicted molar refractivity (Wildman–Crippen MR) is 85.3 cm³/mol. The summed E-state index contributed by atoms with van der Waals surface area (Å²) in [6, 6.07) is 4.81. The third-order valence-electron chi connectivity index (χ3n) is 3.91. The van der Waals surface area contributed by atoms with Crippen LogP contribution in [0.1, 0.15) is 23.2 Å². The number of ether oxygens (including phenoxy) is 1. The van der Waals surface area contributed by atoms with Gasteiger partial charge in [-0.2, -0.15) is 0 Å². The van der Waals surface area contributed by atoms with Crippen LogP contribution in [0.25, 0.3) is 0 Å². The number of nitrogens with one attached hydrogen (secondary N) is 3. The van der Waals surface area contributed by atoms with Gasteiger partial charge in [-0.3, -0.25) is 9.59 Å². The summed E-state index contributed by atoms with van der Waals surface area (Å²) >= 11 is 6.00. The van der Waals surface area contributed by atoms with Crippen molar-refractivity contribution in [1.29, 1.82) is 0 Å². The molecule has 6 nitrogen and oxygen atoms in total. The van der Waals surface area contributed by atoms with Crippen LogP contribution < -0.4 is 16.0 Å². The van der Waals surface area contributed by atoms with Gasteiger partial charge in [0.2, 0.25) is 0 Å². The van der Waals surface area contributed by atoms with E-state index < -0.39 is 5.60 Å². The summed E-state index contributed by atoms with van der Waals surface area (Å²) in [5.74, 6) is -0.508. The van der Waals surface area contributed by atoms with Gasteiger partial charge in [0.1, 0.15) is 5.60 Å². The second-order valence-corrected chi connectivity index (χ2v) is 5.58. The number of carbonyl (C=O) groups excluding carboxylic acids is 2. The molecule has 0 bridgehead atoms. The van der Waals surface area contributed by atoms with Gasteiger partial charge >= 0.3 is 0 Å². The Hall–Kier alpha value is -1.63. The zero-order valence-corrected chi connectivity index (χ0v) is 13.4. The minimum Gasteiger partial charge on any atom is -0.368 e. The number of halogens is 1. The first-order valence-corrected chi connectivity index (χ1v) is 7.49. The lowest BCUT2D eigenvalue weighted by Crippen LogP contribution is -2.51. The number of hydrogen-bond donors (Lipinski definition) is 3. The van der Waals surface area contributed by atoms with Gasteiger partial charge in [-0.05, 0) is 44.1 Å². The van der Waals surface area contributed by atoms with Gasteiger partial charge in [-0.25, -0.2) is 0 Å². The van der Waals surface area contributed by atoms with Crippen molar-refractivity contribution in [3.05, 3.63) is 28.8 Å². The fraction of sp³-hybridized carbons (Fsp3) is 0.467. The average molecular weight is 326 g/mol. The Kier molecular flexibility index (Phi) is 5.39. The highest BCUT2D eigenvalue weighted by Gasteiger charge is 2.39. The van der Waals surface area contributed by atoms with E-state index >= 15 is 0 Å². The molecular formula is C15H20ClN3O3. The fourth-order valence-electron chi connectivity index (χ4n) is 2.51. The number of methoxy groups -OCH3 is 1. The molecule has 2 rings (SSSR count). The van der Waals surface area contributed by atoms with Crippen LogP contribution in [0.4, 0.5) is 5.69 Å². The normalized spacial score (nSPS) is 16.9. The van der Waals surface area contributed by atoms with Gasteiger partial charge < -0.3 is 20.7 Å². The first-order chi connectivity index (χ1) is 10.5. The maximum Gasteiger partial charge on any atom is 0.256 e. The van der Waals surface area contributed by atoms with Gasteiger partial charge in [-0.1, -0.05) is 11.6 Å². The Balaban J connectivity index is 2.19. The summed E-state index contributed by atoms with van der Waals surface area (Å²) in [6.07, 6.45) is 1.20. The first-order valence-electron chi connectivity index (χ1n) is 7.11. The van der Waals surface area contributed by atoms with E-state index in [2.05, 4.69) is 16.0 Å². The Morgan fingerprint density at radius 3 is 2.59 bits per heavy atom. The number of carbonyl (C=O) groups is 2. The van der Waals surface area contributed by atoms with Crippen LogP contribution >= 0.6 is 11.6 Å². The molecule has 0 saturated carbocycles. The molecule has 1 aliphatic rings. The standard InChI is InChI=1S/C15H20ClN3O3/c1-17-13(20)11-9-10(3-4-12(11)16)19-14(21)15(22-2)5-7-18-8-6-15/h3-4,9,18H,5-8H2,1-2H3,(H,17,20)(H,19,21). The minimum atomic E-state index is -0.835.